The second-order valence-corrected chi connectivity index (χ2v) is 3.49. The van der Waals surface area contributed by atoms with E-state index >= 15 is 0 Å². The van der Waals surface area contributed by atoms with Crippen LogP contribution in [0.2, 0.25) is 0 Å². The molecule has 2 aromatic heterocycles. The lowest BCUT2D eigenvalue weighted by Crippen LogP contribution is -2.12. The molecule has 2 heterocycles. The predicted octanol–water partition coefficient (Wildman–Crippen LogP) is 1.89. The van der Waals surface area contributed by atoms with Crippen LogP contribution in [-0.2, 0) is 6.42 Å². The molecule has 0 saturated heterocycles. The molecular weight excluding hydrogens is 233 g/mol. The van der Waals surface area contributed by atoms with Crippen molar-refractivity contribution in [1.29, 1.82) is 5.26 Å². The van der Waals surface area contributed by atoms with Crippen molar-refractivity contribution < 1.29 is 13.2 Å². The van der Waals surface area contributed by atoms with Crippen molar-refractivity contribution in [2.75, 3.05) is 5.73 Å². The number of fused-ring (bicyclic) bond motifs is 1. The Morgan fingerprint density at radius 3 is 2.76 bits per heavy atom. The van der Waals surface area contributed by atoms with Crippen molar-refractivity contribution in [3.05, 3.63) is 29.5 Å². The van der Waals surface area contributed by atoms with Crippen molar-refractivity contribution in [3.8, 4) is 6.07 Å². The van der Waals surface area contributed by atoms with Crippen molar-refractivity contribution in [3.63, 3.8) is 0 Å². The Bertz CT molecular complexity index is 606. The van der Waals surface area contributed by atoms with E-state index in [2.05, 4.69) is 5.10 Å². The molecule has 17 heavy (non-hydrogen) atoms. The number of anilines is 1. The number of aromatic nitrogens is 2. The van der Waals surface area contributed by atoms with Crippen molar-refractivity contribution in [2.24, 2.45) is 0 Å². The predicted molar refractivity (Wildman–Crippen MR) is 54.1 cm³/mol. The summed E-state index contributed by atoms with van der Waals surface area (Å²) in [6.07, 6.45) is -4.00. The Morgan fingerprint density at radius 2 is 2.18 bits per heavy atom. The molecule has 0 aliphatic carbocycles. The van der Waals surface area contributed by atoms with Crippen LogP contribution in [0.5, 0.6) is 0 Å². The van der Waals surface area contributed by atoms with E-state index in [1.54, 1.807) is 6.07 Å². The van der Waals surface area contributed by atoms with Crippen LogP contribution in [0.3, 0.4) is 0 Å². The maximum atomic E-state index is 12.4. The van der Waals surface area contributed by atoms with Gasteiger partial charge < -0.3 is 5.73 Å². The SMILES string of the molecule is N#Cc1c(N)nn2cccc(CC(F)(F)F)c12. The highest BCUT2D eigenvalue weighted by atomic mass is 19.4. The third-order valence-corrected chi connectivity index (χ3v) is 2.27. The first kappa shape index (κ1) is 11.3. The van der Waals surface area contributed by atoms with Gasteiger partial charge in [-0.25, -0.2) is 4.52 Å². The minimum atomic E-state index is -4.34. The number of rotatable bonds is 1. The zero-order valence-electron chi connectivity index (χ0n) is 8.49. The summed E-state index contributed by atoms with van der Waals surface area (Å²) in [6, 6.07) is 4.51. The fourth-order valence-corrected chi connectivity index (χ4v) is 1.66. The molecule has 0 atom stereocenters. The van der Waals surface area contributed by atoms with E-state index in [1.807, 2.05) is 0 Å². The van der Waals surface area contributed by atoms with Crippen LogP contribution in [-0.4, -0.2) is 15.8 Å². The number of pyridine rings is 1. The summed E-state index contributed by atoms with van der Waals surface area (Å²) < 4.78 is 38.3. The number of alkyl halides is 3. The minimum Gasteiger partial charge on any atom is -0.381 e. The van der Waals surface area contributed by atoms with E-state index in [-0.39, 0.29) is 22.5 Å². The number of nitriles is 1. The van der Waals surface area contributed by atoms with E-state index in [0.717, 1.165) is 0 Å². The molecule has 0 unspecified atom stereocenters. The highest BCUT2D eigenvalue weighted by Gasteiger charge is 2.29. The van der Waals surface area contributed by atoms with Crippen molar-refractivity contribution >= 4 is 11.3 Å². The Kier molecular flexibility index (Phi) is 2.42. The van der Waals surface area contributed by atoms with Crippen LogP contribution in [0.4, 0.5) is 19.0 Å². The summed E-state index contributed by atoms with van der Waals surface area (Å²) in [4.78, 5) is 0. The van der Waals surface area contributed by atoms with Crippen molar-refractivity contribution in [2.45, 2.75) is 12.6 Å². The third kappa shape index (κ3) is 2.01. The molecule has 0 radical (unpaired) electrons. The molecule has 0 aromatic carbocycles. The van der Waals surface area contributed by atoms with Crippen LogP contribution >= 0.6 is 0 Å². The molecule has 7 heteroatoms. The fourth-order valence-electron chi connectivity index (χ4n) is 1.66. The van der Waals surface area contributed by atoms with E-state index < -0.39 is 12.6 Å². The Hall–Kier alpha value is -2.23. The van der Waals surface area contributed by atoms with Crippen LogP contribution in [0, 0.1) is 11.3 Å². The van der Waals surface area contributed by atoms with Gasteiger partial charge in [-0.15, -0.1) is 5.10 Å². The van der Waals surface area contributed by atoms with Gasteiger partial charge in [-0.3, -0.25) is 0 Å². The first-order chi connectivity index (χ1) is 7.92. The molecule has 2 aromatic rings. The van der Waals surface area contributed by atoms with Crippen LogP contribution < -0.4 is 5.73 Å². The number of hydrogen-bond donors (Lipinski definition) is 1. The monoisotopic (exact) mass is 240 g/mol. The molecule has 88 valence electrons. The topological polar surface area (TPSA) is 67.1 Å². The molecule has 0 fully saturated rings. The lowest BCUT2D eigenvalue weighted by atomic mass is 10.1. The van der Waals surface area contributed by atoms with E-state index in [1.165, 1.54) is 22.8 Å². The lowest BCUT2D eigenvalue weighted by molar-refractivity contribution is -0.127. The summed E-state index contributed by atoms with van der Waals surface area (Å²) in [7, 11) is 0. The fraction of sp³-hybridized carbons (Fsp3) is 0.200. The number of nitrogens with zero attached hydrogens (tertiary/aromatic N) is 3. The Balaban J connectivity index is 2.68. The zero-order chi connectivity index (χ0) is 12.6. The molecule has 0 bridgehead atoms. The average molecular weight is 240 g/mol. The zero-order valence-corrected chi connectivity index (χ0v) is 8.49. The summed E-state index contributed by atoms with van der Waals surface area (Å²) in [5.74, 6) is -0.0675. The van der Waals surface area contributed by atoms with E-state index in [4.69, 9.17) is 11.0 Å². The van der Waals surface area contributed by atoms with Gasteiger partial charge in [0, 0.05) is 6.20 Å². The highest BCUT2D eigenvalue weighted by Crippen LogP contribution is 2.27. The van der Waals surface area contributed by atoms with Gasteiger partial charge in [0.15, 0.2) is 5.82 Å². The quantitative estimate of drug-likeness (QED) is 0.827. The molecule has 0 amide bonds. The van der Waals surface area contributed by atoms with Crippen molar-refractivity contribution in [1.82, 2.24) is 9.61 Å². The number of hydrogen-bond acceptors (Lipinski definition) is 3. The first-order valence-electron chi connectivity index (χ1n) is 4.65. The molecule has 4 nitrogen and oxygen atoms in total. The average Bonchev–Trinajstić information content (AvgIpc) is 2.52. The number of nitrogens with two attached hydrogens (primary N) is 1. The molecule has 0 saturated carbocycles. The van der Waals surface area contributed by atoms with Crippen LogP contribution in [0.25, 0.3) is 5.52 Å². The van der Waals surface area contributed by atoms with Gasteiger partial charge in [0.2, 0.25) is 0 Å². The normalized spacial score (nSPS) is 11.6. The molecule has 0 aliphatic heterocycles. The summed E-state index contributed by atoms with van der Waals surface area (Å²) in [6.45, 7) is 0. The van der Waals surface area contributed by atoms with Gasteiger partial charge in [0.05, 0.1) is 11.9 Å². The van der Waals surface area contributed by atoms with Gasteiger partial charge in [-0.05, 0) is 11.6 Å². The molecule has 2 N–H and O–H groups in total. The highest BCUT2D eigenvalue weighted by molar-refractivity contribution is 5.73. The number of nitrogen functional groups attached to an aromatic ring is 1. The Labute approximate surface area is 94.1 Å². The standard InChI is InChI=1S/C10H7F3N4/c11-10(12,13)4-6-2-1-3-17-8(6)7(5-14)9(15)16-17/h1-3H,4H2,(H2,15,16). The lowest BCUT2D eigenvalue weighted by Gasteiger charge is -2.07. The van der Waals surface area contributed by atoms with Gasteiger partial charge in [0.1, 0.15) is 11.6 Å². The summed E-state index contributed by atoms with van der Waals surface area (Å²) in [5, 5.41) is 12.6. The van der Waals surface area contributed by atoms with E-state index in [0.29, 0.717) is 0 Å². The van der Waals surface area contributed by atoms with E-state index in [9.17, 15) is 13.2 Å². The molecular formula is C10H7F3N4. The maximum Gasteiger partial charge on any atom is 0.393 e. The smallest absolute Gasteiger partial charge is 0.381 e. The third-order valence-electron chi connectivity index (χ3n) is 2.27. The van der Waals surface area contributed by atoms with Gasteiger partial charge in [-0.2, -0.15) is 18.4 Å². The Morgan fingerprint density at radius 1 is 1.47 bits per heavy atom. The summed E-state index contributed by atoms with van der Waals surface area (Å²) in [5.41, 5.74) is 5.54. The second kappa shape index (κ2) is 3.66. The van der Waals surface area contributed by atoms with Gasteiger partial charge in [0.25, 0.3) is 0 Å². The minimum absolute atomic E-state index is 0.0132. The molecule has 0 aliphatic rings. The molecule has 0 spiro atoms. The number of halogens is 3. The van der Waals surface area contributed by atoms with Crippen LogP contribution in [0.1, 0.15) is 11.1 Å². The largest absolute Gasteiger partial charge is 0.393 e. The summed E-state index contributed by atoms with van der Waals surface area (Å²) >= 11 is 0. The second-order valence-electron chi connectivity index (χ2n) is 3.49. The van der Waals surface area contributed by atoms with Crippen LogP contribution in [0.15, 0.2) is 18.3 Å². The maximum absolute atomic E-state index is 12.4. The van der Waals surface area contributed by atoms with Gasteiger partial charge >= 0.3 is 6.18 Å². The van der Waals surface area contributed by atoms with Gasteiger partial charge in [-0.1, -0.05) is 6.07 Å². The molecule has 2 rings (SSSR count). The first-order valence-corrected chi connectivity index (χ1v) is 4.65.